The minimum atomic E-state index is -0.628. The molecule has 9 rings (SSSR count). The first-order chi connectivity index (χ1) is 26.3. The first kappa shape index (κ1) is 34.8. The maximum absolute atomic E-state index is 16.5. The van der Waals surface area contributed by atoms with Gasteiger partial charge in [0.05, 0.1) is 17.6 Å². The molecule has 0 saturated carbocycles. The van der Waals surface area contributed by atoms with Gasteiger partial charge in [-0.25, -0.2) is 4.39 Å². The molecule has 6 heterocycles. The molecule has 2 aromatic heterocycles. The Labute approximate surface area is 312 Å². The SMILES string of the molecule is CN1CCCC1CCNCC(=O)NC1CCN(c2c(F)cc3c(=O)c(C(=O)NCCN4CCCC4)cn4c3c2Oc2cc3c(cc2-4)oc2ccccc23)C1. The van der Waals surface area contributed by atoms with Crippen molar-refractivity contribution in [1.29, 1.82) is 0 Å². The molecule has 3 fully saturated rings. The fourth-order valence-electron chi connectivity index (χ4n) is 8.88. The maximum atomic E-state index is 16.5. The van der Waals surface area contributed by atoms with Crippen LogP contribution in [0.1, 0.15) is 48.9 Å². The second-order valence-corrected chi connectivity index (χ2v) is 15.2. The van der Waals surface area contributed by atoms with Crippen LogP contribution in [0, 0.1) is 5.82 Å². The van der Waals surface area contributed by atoms with E-state index in [1.807, 2.05) is 41.3 Å². The fourth-order valence-corrected chi connectivity index (χ4v) is 8.88. The quantitative estimate of drug-likeness (QED) is 0.162. The van der Waals surface area contributed by atoms with Gasteiger partial charge in [0, 0.05) is 61.3 Å². The van der Waals surface area contributed by atoms with Crippen LogP contribution >= 0.6 is 0 Å². The summed E-state index contributed by atoms with van der Waals surface area (Å²) in [7, 11) is 2.15. The number of fused-ring (bicyclic) bond motifs is 5. The van der Waals surface area contributed by atoms with Crippen molar-refractivity contribution < 1.29 is 23.1 Å². The van der Waals surface area contributed by atoms with Gasteiger partial charge in [-0.05, 0) is 90.0 Å². The number of benzene rings is 3. The standard InChI is InChI=1S/C41H46FN7O5/c1-46-14-6-7-26(46)10-12-43-22-36(50)45-25-11-17-48(23-25)38-31(42)19-29-37-40(38)54-35-20-28-27-8-2-3-9-33(27)53-34(28)21-32(35)49(37)24-30(39(29)51)41(52)44-13-18-47-15-4-5-16-47/h2-3,8-9,19-21,24-26,43H,4-7,10-18,22-23H2,1H3,(H,44,52)(H,45,50). The molecule has 13 heteroatoms. The number of pyridine rings is 1. The highest BCUT2D eigenvalue weighted by atomic mass is 19.1. The van der Waals surface area contributed by atoms with Crippen molar-refractivity contribution in [2.24, 2.45) is 0 Å². The molecule has 3 N–H and O–H groups in total. The number of hydrogen-bond acceptors (Lipinski definition) is 9. The second kappa shape index (κ2) is 14.3. The van der Waals surface area contributed by atoms with Crippen molar-refractivity contribution in [1.82, 2.24) is 30.3 Å². The number of likely N-dealkylation sites (tertiary alicyclic amines) is 2. The number of rotatable bonds is 11. The molecular formula is C41H46FN7O5. The van der Waals surface area contributed by atoms with Crippen LogP contribution in [0.3, 0.4) is 0 Å². The summed E-state index contributed by atoms with van der Waals surface area (Å²) < 4.78 is 31.1. The van der Waals surface area contributed by atoms with E-state index in [-0.39, 0.29) is 40.9 Å². The van der Waals surface area contributed by atoms with E-state index < -0.39 is 17.2 Å². The molecule has 3 aromatic carbocycles. The van der Waals surface area contributed by atoms with Crippen molar-refractivity contribution >= 4 is 50.3 Å². The average Bonchev–Trinajstić information content (AvgIpc) is 3.99. The lowest BCUT2D eigenvalue weighted by Gasteiger charge is -2.29. The number of nitrogens with one attached hydrogen (secondary N) is 3. The number of nitrogens with zero attached hydrogens (tertiary/aromatic N) is 4. The third kappa shape index (κ3) is 6.37. The van der Waals surface area contributed by atoms with Crippen LogP contribution in [-0.2, 0) is 4.79 Å². The molecule has 4 aliphatic rings. The number of ether oxygens (including phenoxy) is 1. The number of furan rings is 1. The van der Waals surface area contributed by atoms with Gasteiger partial charge in [0.25, 0.3) is 5.91 Å². The highest BCUT2D eigenvalue weighted by Gasteiger charge is 2.34. The smallest absolute Gasteiger partial charge is 0.256 e. The molecule has 3 saturated heterocycles. The summed E-state index contributed by atoms with van der Waals surface area (Å²) in [6, 6.07) is 13.0. The van der Waals surface area contributed by atoms with Gasteiger partial charge in [-0.3, -0.25) is 14.4 Å². The Morgan fingerprint density at radius 2 is 1.80 bits per heavy atom. The number of para-hydroxylation sites is 1. The molecule has 2 amide bonds. The highest BCUT2D eigenvalue weighted by molar-refractivity contribution is 6.07. The van der Waals surface area contributed by atoms with Crippen LogP contribution in [-0.4, -0.2) is 104 Å². The number of carbonyl (C=O) groups is 2. The van der Waals surface area contributed by atoms with E-state index in [2.05, 4.69) is 32.8 Å². The minimum absolute atomic E-state index is 0.0488. The number of aromatic nitrogens is 1. The summed E-state index contributed by atoms with van der Waals surface area (Å²) in [6.45, 7) is 6.06. The summed E-state index contributed by atoms with van der Waals surface area (Å²) in [5, 5.41) is 11.1. The summed E-state index contributed by atoms with van der Waals surface area (Å²) >= 11 is 0. The lowest BCUT2D eigenvalue weighted by Crippen LogP contribution is -2.42. The Morgan fingerprint density at radius 3 is 2.63 bits per heavy atom. The average molecular weight is 736 g/mol. The van der Waals surface area contributed by atoms with Crippen molar-refractivity contribution in [3.8, 4) is 17.2 Å². The summed E-state index contributed by atoms with van der Waals surface area (Å²) in [5.74, 6) is -0.585. The number of amides is 2. The number of carbonyl (C=O) groups excluding carboxylic acids is 2. The van der Waals surface area contributed by atoms with Gasteiger partial charge in [-0.15, -0.1) is 0 Å². The van der Waals surface area contributed by atoms with Crippen molar-refractivity contribution in [2.75, 3.05) is 70.9 Å². The highest BCUT2D eigenvalue weighted by Crippen LogP contribution is 2.49. The van der Waals surface area contributed by atoms with Crippen molar-refractivity contribution in [3.05, 3.63) is 70.3 Å². The second-order valence-electron chi connectivity index (χ2n) is 15.2. The molecule has 282 valence electrons. The van der Waals surface area contributed by atoms with E-state index in [1.165, 1.54) is 18.9 Å². The van der Waals surface area contributed by atoms with Gasteiger partial charge in [-0.1, -0.05) is 18.2 Å². The monoisotopic (exact) mass is 735 g/mol. The minimum Gasteiger partial charge on any atom is -0.456 e. The summed E-state index contributed by atoms with van der Waals surface area (Å²) in [6.07, 6.45) is 7.87. The Morgan fingerprint density at radius 1 is 0.944 bits per heavy atom. The Balaban J connectivity index is 1.02. The van der Waals surface area contributed by atoms with Crippen molar-refractivity contribution in [2.45, 2.75) is 50.6 Å². The van der Waals surface area contributed by atoms with Gasteiger partial charge < -0.3 is 44.4 Å². The number of hydrogen-bond donors (Lipinski definition) is 3. The van der Waals surface area contributed by atoms with Crippen LogP contribution in [0.5, 0.6) is 11.5 Å². The molecule has 0 radical (unpaired) electrons. The zero-order chi connectivity index (χ0) is 36.9. The van der Waals surface area contributed by atoms with Gasteiger partial charge in [0.2, 0.25) is 11.3 Å². The third-order valence-corrected chi connectivity index (χ3v) is 11.7. The topological polar surface area (TPSA) is 124 Å². The Bertz CT molecular complexity index is 2330. The van der Waals surface area contributed by atoms with Gasteiger partial charge in [0.1, 0.15) is 27.9 Å². The van der Waals surface area contributed by atoms with Crippen molar-refractivity contribution in [3.63, 3.8) is 0 Å². The van der Waals surface area contributed by atoms with E-state index in [0.29, 0.717) is 66.8 Å². The first-order valence-corrected chi connectivity index (χ1v) is 19.3. The first-order valence-electron chi connectivity index (χ1n) is 19.3. The molecule has 5 aromatic rings. The zero-order valence-corrected chi connectivity index (χ0v) is 30.6. The summed E-state index contributed by atoms with van der Waals surface area (Å²) in [4.78, 5) is 47.1. The Kier molecular flexibility index (Phi) is 9.24. The number of halogens is 1. The van der Waals surface area contributed by atoms with Gasteiger partial charge in [0.15, 0.2) is 17.3 Å². The number of anilines is 1. The van der Waals surface area contributed by atoms with Gasteiger partial charge in [-0.2, -0.15) is 0 Å². The molecular weight excluding hydrogens is 689 g/mol. The maximum Gasteiger partial charge on any atom is 0.256 e. The van der Waals surface area contributed by atoms with Crippen LogP contribution in [0.4, 0.5) is 10.1 Å². The molecule has 12 nitrogen and oxygen atoms in total. The Hall–Kier alpha value is -4.98. The van der Waals surface area contributed by atoms with E-state index in [0.717, 1.165) is 56.2 Å². The normalized spacial score (nSPS) is 19.9. The summed E-state index contributed by atoms with van der Waals surface area (Å²) in [5.41, 5.74) is 1.85. The predicted octanol–water partition coefficient (Wildman–Crippen LogP) is 4.73. The van der Waals surface area contributed by atoms with E-state index >= 15 is 4.39 Å². The molecule has 4 aliphatic heterocycles. The van der Waals surface area contributed by atoms with E-state index in [1.54, 1.807) is 10.8 Å². The molecule has 54 heavy (non-hydrogen) atoms. The van der Waals surface area contributed by atoms with E-state index in [4.69, 9.17) is 9.15 Å². The van der Waals surface area contributed by atoms with Gasteiger partial charge >= 0.3 is 0 Å². The molecule has 0 bridgehead atoms. The molecule has 2 unspecified atom stereocenters. The van der Waals surface area contributed by atoms with Crippen LogP contribution in [0.2, 0.25) is 0 Å². The lowest BCUT2D eigenvalue weighted by molar-refractivity contribution is -0.120. The molecule has 0 spiro atoms. The molecule has 2 atom stereocenters. The largest absolute Gasteiger partial charge is 0.456 e. The third-order valence-electron chi connectivity index (χ3n) is 11.7. The molecule has 0 aliphatic carbocycles. The zero-order valence-electron chi connectivity index (χ0n) is 30.6. The van der Waals surface area contributed by atoms with E-state index in [9.17, 15) is 14.4 Å². The fraction of sp³-hybridized carbons (Fsp3) is 0.439. The van der Waals surface area contributed by atoms with Crippen LogP contribution < -0.4 is 31.0 Å². The predicted molar refractivity (Wildman–Crippen MR) is 207 cm³/mol. The van der Waals surface area contributed by atoms with Crippen LogP contribution in [0.25, 0.3) is 38.5 Å². The lowest BCUT2D eigenvalue weighted by atomic mass is 10.0. The van der Waals surface area contributed by atoms with Crippen LogP contribution in [0.15, 0.2) is 57.9 Å².